The first kappa shape index (κ1) is 14.9. The molecular weight excluding hydrogens is 288 g/mol. The molecule has 3 heterocycles. The van der Waals surface area contributed by atoms with Gasteiger partial charge >= 0.3 is 0 Å². The maximum absolute atomic E-state index is 6.12. The van der Waals surface area contributed by atoms with Gasteiger partial charge in [0.2, 0.25) is 0 Å². The van der Waals surface area contributed by atoms with E-state index in [1.165, 1.54) is 36.9 Å². The topological polar surface area (TPSA) is 38.5 Å². The largest absolute Gasteiger partial charge is 0.472 e. The average Bonchev–Trinajstić information content (AvgIpc) is 3.25. The highest BCUT2D eigenvalue weighted by molar-refractivity contribution is 5.09. The van der Waals surface area contributed by atoms with Gasteiger partial charge in [-0.05, 0) is 42.5 Å². The van der Waals surface area contributed by atoms with E-state index in [0.717, 1.165) is 25.6 Å². The van der Waals surface area contributed by atoms with E-state index in [-0.39, 0.29) is 0 Å². The van der Waals surface area contributed by atoms with Crippen LogP contribution in [-0.4, -0.2) is 29.6 Å². The number of likely N-dealkylation sites (tertiary alicyclic amines) is 1. The summed E-state index contributed by atoms with van der Waals surface area (Å²) in [4.78, 5) is 6.63. The summed E-state index contributed by atoms with van der Waals surface area (Å²) in [7, 11) is 0. The molecule has 0 unspecified atom stereocenters. The fourth-order valence-electron chi connectivity index (χ4n) is 4.37. The van der Waals surface area contributed by atoms with Crippen LogP contribution in [0.2, 0.25) is 0 Å². The van der Waals surface area contributed by atoms with E-state index in [0.29, 0.717) is 12.0 Å². The molecule has 0 aromatic carbocycles. The number of pyridine rings is 1. The predicted octanol–water partition coefficient (Wildman–Crippen LogP) is 3.49. The molecule has 2 aromatic rings. The maximum atomic E-state index is 6.12. The first-order valence-electron chi connectivity index (χ1n) is 8.54. The van der Waals surface area contributed by atoms with Crippen LogP contribution in [0, 0.1) is 11.3 Å². The Kier molecular flexibility index (Phi) is 4.19. The van der Waals surface area contributed by atoms with Gasteiger partial charge in [-0.15, -0.1) is 0 Å². The van der Waals surface area contributed by atoms with Gasteiger partial charge in [-0.3, -0.25) is 9.88 Å². The summed E-state index contributed by atoms with van der Waals surface area (Å²) in [6, 6.07) is 6.13. The molecule has 0 N–H and O–H groups in total. The summed E-state index contributed by atoms with van der Waals surface area (Å²) in [6.07, 6.45) is 11.3. The van der Waals surface area contributed by atoms with Crippen molar-refractivity contribution in [1.82, 2.24) is 9.88 Å². The molecule has 2 aromatic heterocycles. The first-order valence-corrected chi connectivity index (χ1v) is 8.54. The fraction of sp³-hybridized carbons (Fsp3) is 0.526. The molecule has 1 saturated carbocycles. The number of ether oxygens (including phenoxy) is 1. The van der Waals surface area contributed by atoms with Crippen LogP contribution in [0.5, 0.6) is 0 Å². The van der Waals surface area contributed by atoms with Crippen LogP contribution in [-0.2, 0) is 17.9 Å². The van der Waals surface area contributed by atoms with Crippen LogP contribution in [0.1, 0.15) is 30.4 Å². The molecule has 4 nitrogen and oxygen atoms in total. The number of hydrogen-bond donors (Lipinski definition) is 0. The number of hydrogen-bond acceptors (Lipinski definition) is 4. The lowest BCUT2D eigenvalue weighted by Crippen LogP contribution is -2.32. The Morgan fingerprint density at radius 2 is 2.17 bits per heavy atom. The quantitative estimate of drug-likeness (QED) is 0.818. The molecule has 4 rings (SSSR count). The zero-order valence-corrected chi connectivity index (χ0v) is 13.5. The minimum Gasteiger partial charge on any atom is -0.472 e. The highest BCUT2D eigenvalue weighted by Crippen LogP contribution is 2.49. The van der Waals surface area contributed by atoms with Gasteiger partial charge in [0.1, 0.15) is 0 Å². The molecule has 23 heavy (non-hydrogen) atoms. The summed E-state index contributed by atoms with van der Waals surface area (Å²) in [5, 5.41) is 0. The van der Waals surface area contributed by atoms with Crippen molar-refractivity contribution in [3.05, 3.63) is 54.2 Å². The number of aromatic nitrogens is 1. The van der Waals surface area contributed by atoms with Gasteiger partial charge in [0, 0.05) is 43.0 Å². The highest BCUT2D eigenvalue weighted by atomic mass is 16.5. The Morgan fingerprint density at radius 1 is 1.26 bits per heavy atom. The number of nitrogens with zero attached hydrogens (tertiary/aromatic N) is 2. The molecule has 2 fully saturated rings. The van der Waals surface area contributed by atoms with Crippen LogP contribution in [0.3, 0.4) is 0 Å². The van der Waals surface area contributed by atoms with E-state index in [1.54, 1.807) is 6.26 Å². The number of fused-ring (bicyclic) bond motifs is 1. The van der Waals surface area contributed by atoms with E-state index < -0.39 is 0 Å². The normalized spacial score (nSPS) is 27.4. The SMILES string of the molecule is c1cc(COC[C@]23CCC[C@H]2CN(Cc2ccoc2)C3)ccn1. The summed E-state index contributed by atoms with van der Waals surface area (Å²) in [5.74, 6) is 0.784. The minimum atomic E-state index is 0.358. The molecule has 1 aliphatic heterocycles. The monoisotopic (exact) mass is 312 g/mol. The van der Waals surface area contributed by atoms with E-state index in [1.807, 2.05) is 30.8 Å². The van der Waals surface area contributed by atoms with Crippen molar-refractivity contribution in [3.8, 4) is 0 Å². The van der Waals surface area contributed by atoms with Crippen LogP contribution in [0.4, 0.5) is 0 Å². The molecule has 0 bridgehead atoms. The first-order chi connectivity index (χ1) is 11.3. The fourth-order valence-corrected chi connectivity index (χ4v) is 4.37. The van der Waals surface area contributed by atoms with Crippen molar-refractivity contribution in [2.75, 3.05) is 19.7 Å². The zero-order valence-electron chi connectivity index (χ0n) is 13.5. The lowest BCUT2D eigenvalue weighted by molar-refractivity contribution is 0.0266. The smallest absolute Gasteiger partial charge is 0.0947 e. The molecule has 0 spiro atoms. The van der Waals surface area contributed by atoms with E-state index in [9.17, 15) is 0 Å². The molecule has 2 aliphatic rings. The van der Waals surface area contributed by atoms with E-state index in [4.69, 9.17) is 9.15 Å². The Labute approximate surface area is 137 Å². The minimum absolute atomic E-state index is 0.358. The third-order valence-corrected chi connectivity index (χ3v) is 5.50. The van der Waals surface area contributed by atoms with Gasteiger partial charge in [0.05, 0.1) is 25.7 Å². The molecule has 2 atom stereocenters. The van der Waals surface area contributed by atoms with Crippen molar-refractivity contribution in [3.63, 3.8) is 0 Å². The van der Waals surface area contributed by atoms with Crippen molar-refractivity contribution in [1.29, 1.82) is 0 Å². The van der Waals surface area contributed by atoms with Gasteiger partial charge in [-0.2, -0.15) is 0 Å². The second kappa shape index (κ2) is 6.46. The van der Waals surface area contributed by atoms with Crippen LogP contribution >= 0.6 is 0 Å². The van der Waals surface area contributed by atoms with Crippen molar-refractivity contribution >= 4 is 0 Å². The Morgan fingerprint density at radius 3 is 3.00 bits per heavy atom. The third kappa shape index (κ3) is 3.19. The summed E-state index contributed by atoms with van der Waals surface area (Å²) < 4.78 is 11.3. The van der Waals surface area contributed by atoms with Gasteiger partial charge in [-0.1, -0.05) is 6.42 Å². The molecule has 4 heteroatoms. The lowest BCUT2D eigenvalue weighted by atomic mass is 9.81. The molecule has 1 aliphatic carbocycles. The Balaban J connectivity index is 1.35. The molecule has 0 amide bonds. The van der Waals surface area contributed by atoms with Crippen molar-refractivity contribution in [2.24, 2.45) is 11.3 Å². The van der Waals surface area contributed by atoms with Gasteiger partial charge in [-0.25, -0.2) is 0 Å². The van der Waals surface area contributed by atoms with Crippen molar-refractivity contribution in [2.45, 2.75) is 32.4 Å². The second-order valence-electron chi connectivity index (χ2n) is 7.10. The summed E-state index contributed by atoms with van der Waals surface area (Å²) >= 11 is 0. The van der Waals surface area contributed by atoms with Gasteiger partial charge < -0.3 is 9.15 Å². The second-order valence-corrected chi connectivity index (χ2v) is 7.10. The van der Waals surface area contributed by atoms with Crippen LogP contribution in [0.25, 0.3) is 0 Å². The maximum Gasteiger partial charge on any atom is 0.0947 e. The molecular formula is C19H24N2O2. The highest BCUT2D eigenvalue weighted by Gasteiger charge is 2.49. The molecule has 1 saturated heterocycles. The Bertz CT molecular complexity index is 614. The van der Waals surface area contributed by atoms with Crippen LogP contribution in [0.15, 0.2) is 47.5 Å². The standard InChI is InChI=1S/C19H24N2O2/c1-2-18-11-21(10-17-5-9-22-13-17)14-19(18,6-1)15-23-12-16-3-7-20-8-4-16/h3-5,7-9,13,18H,1-2,6,10-12,14-15H2/t18-,19+/m0/s1. The van der Waals surface area contributed by atoms with Crippen LogP contribution < -0.4 is 0 Å². The predicted molar refractivity (Wildman–Crippen MR) is 87.7 cm³/mol. The summed E-state index contributed by atoms with van der Waals surface area (Å²) in [5.41, 5.74) is 2.84. The number of rotatable bonds is 6. The average molecular weight is 312 g/mol. The Hall–Kier alpha value is -1.65. The van der Waals surface area contributed by atoms with E-state index in [2.05, 4.69) is 16.0 Å². The number of furan rings is 1. The zero-order chi connectivity index (χ0) is 15.5. The van der Waals surface area contributed by atoms with Gasteiger partial charge in [0.15, 0.2) is 0 Å². The van der Waals surface area contributed by atoms with E-state index >= 15 is 0 Å². The third-order valence-electron chi connectivity index (χ3n) is 5.50. The lowest BCUT2D eigenvalue weighted by Gasteiger charge is -2.28. The summed E-state index contributed by atoms with van der Waals surface area (Å²) in [6.45, 7) is 4.92. The molecule has 0 radical (unpaired) electrons. The molecule has 122 valence electrons. The van der Waals surface area contributed by atoms with Gasteiger partial charge in [0.25, 0.3) is 0 Å². The van der Waals surface area contributed by atoms with Crippen molar-refractivity contribution < 1.29 is 9.15 Å².